The number of carbonyl (C=O) groups is 4. The Morgan fingerprint density at radius 1 is 1.16 bits per heavy atom. The molecule has 0 radical (unpaired) electrons. The SMILES string of the molecule is C=CCCC(=O)OC[C@H](NC(=O)[C@@H]1[C@H]2C(=O)N([C@@H](CO)C(C)C)[C@H](C(=O)N(CC=C)c3c(C)cccc3Cl)[C@]23CC[C@H]1O3)c1ccccc1. The van der Waals surface area contributed by atoms with E-state index < -0.39 is 65.4 Å². The Kier molecular flexibility index (Phi) is 11.3. The third-order valence-corrected chi connectivity index (χ3v) is 10.4. The van der Waals surface area contributed by atoms with Gasteiger partial charge in [0.1, 0.15) is 18.2 Å². The zero-order valence-electron chi connectivity index (χ0n) is 28.3. The van der Waals surface area contributed by atoms with Gasteiger partial charge in [0.05, 0.1) is 47.3 Å². The quantitative estimate of drug-likeness (QED) is 0.201. The number of nitrogens with zero attached hydrogens (tertiary/aromatic N) is 2. The number of benzene rings is 2. The zero-order chi connectivity index (χ0) is 35.5. The molecule has 3 fully saturated rings. The average molecular weight is 692 g/mol. The molecule has 3 amide bonds. The lowest BCUT2D eigenvalue weighted by Gasteiger charge is -2.40. The van der Waals surface area contributed by atoms with Crippen molar-refractivity contribution in [2.45, 2.75) is 76.3 Å². The van der Waals surface area contributed by atoms with Gasteiger partial charge in [0.2, 0.25) is 11.8 Å². The molecule has 3 aliphatic rings. The predicted octanol–water partition coefficient (Wildman–Crippen LogP) is 4.93. The van der Waals surface area contributed by atoms with E-state index in [1.807, 2.05) is 57.2 Å². The number of esters is 1. The van der Waals surface area contributed by atoms with E-state index in [1.165, 1.54) is 9.80 Å². The molecule has 11 heteroatoms. The van der Waals surface area contributed by atoms with Gasteiger partial charge >= 0.3 is 5.97 Å². The van der Waals surface area contributed by atoms with Crippen LogP contribution in [0.4, 0.5) is 5.69 Å². The summed E-state index contributed by atoms with van der Waals surface area (Å²) >= 11 is 6.67. The maximum Gasteiger partial charge on any atom is 0.306 e. The van der Waals surface area contributed by atoms with Crippen LogP contribution < -0.4 is 10.2 Å². The molecule has 3 aliphatic heterocycles. The van der Waals surface area contributed by atoms with Crippen molar-refractivity contribution < 1.29 is 33.8 Å². The first-order valence-corrected chi connectivity index (χ1v) is 17.3. The Morgan fingerprint density at radius 2 is 1.90 bits per heavy atom. The lowest BCUT2D eigenvalue weighted by molar-refractivity contribution is -0.147. The normalized spacial score (nSPS) is 25.1. The Labute approximate surface area is 293 Å². The number of allylic oxidation sites excluding steroid dienone is 1. The molecule has 7 atom stereocenters. The highest BCUT2D eigenvalue weighted by molar-refractivity contribution is 6.34. The number of hydrogen-bond acceptors (Lipinski definition) is 7. The van der Waals surface area contributed by atoms with Crippen molar-refractivity contribution in [2.75, 3.05) is 24.7 Å². The van der Waals surface area contributed by atoms with Gasteiger partial charge in [0.15, 0.2) is 0 Å². The van der Waals surface area contributed by atoms with Crippen molar-refractivity contribution in [3.8, 4) is 0 Å². The fourth-order valence-corrected chi connectivity index (χ4v) is 8.15. The monoisotopic (exact) mass is 691 g/mol. The number of rotatable bonds is 15. The number of amides is 3. The van der Waals surface area contributed by atoms with Gasteiger partial charge in [0.25, 0.3) is 5.91 Å². The number of aryl methyl sites for hydroxylation is 1. The molecule has 5 rings (SSSR count). The molecule has 3 heterocycles. The van der Waals surface area contributed by atoms with Crippen LogP contribution in [0.5, 0.6) is 0 Å². The summed E-state index contributed by atoms with van der Waals surface area (Å²) in [6.45, 7) is 12.8. The summed E-state index contributed by atoms with van der Waals surface area (Å²) in [6.07, 6.45) is 4.10. The number of carbonyl (C=O) groups excluding carboxylic acids is 4. The molecule has 262 valence electrons. The number of likely N-dealkylation sites (tertiary alicyclic amines) is 1. The minimum absolute atomic E-state index is 0.103. The van der Waals surface area contributed by atoms with Crippen molar-refractivity contribution >= 4 is 41.0 Å². The van der Waals surface area contributed by atoms with Crippen molar-refractivity contribution in [1.82, 2.24) is 10.2 Å². The second-order valence-corrected chi connectivity index (χ2v) is 13.8. The molecule has 0 aromatic heterocycles. The third kappa shape index (κ3) is 6.78. The molecule has 10 nitrogen and oxygen atoms in total. The van der Waals surface area contributed by atoms with Crippen LogP contribution in [-0.2, 0) is 28.7 Å². The minimum atomic E-state index is -1.31. The number of hydrogen-bond donors (Lipinski definition) is 2. The van der Waals surface area contributed by atoms with Crippen molar-refractivity contribution in [3.63, 3.8) is 0 Å². The molecule has 2 aromatic carbocycles. The fraction of sp³-hybridized carbons (Fsp3) is 0.474. The van der Waals surface area contributed by atoms with E-state index in [0.717, 1.165) is 11.1 Å². The number of aliphatic hydroxyl groups excluding tert-OH is 1. The molecule has 2 N–H and O–H groups in total. The highest BCUT2D eigenvalue weighted by Gasteiger charge is 2.75. The Morgan fingerprint density at radius 3 is 2.53 bits per heavy atom. The zero-order valence-corrected chi connectivity index (χ0v) is 29.1. The average Bonchev–Trinajstić information content (AvgIpc) is 3.73. The largest absolute Gasteiger partial charge is 0.463 e. The predicted molar refractivity (Wildman–Crippen MR) is 187 cm³/mol. The van der Waals surface area contributed by atoms with Gasteiger partial charge in [-0.2, -0.15) is 0 Å². The summed E-state index contributed by atoms with van der Waals surface area (Å²) in [5.41, 5.74) is 0.689. The third-order valence-electron chi connectivity index (χ3n) is 10.1. The highest BCUT2D eigenvalue weighted by atomic mass is 35.5. The molecular weight excluding hydrogens is 646 g/mol. The van der Waals surface area contributed by atoms with Crippen LogP contribution in [-0.4, -0.2) is 77.2 Å². The molecule has 0 aliphatic carbocycles. The van der Waals surface area contributed by atoms with E-state index in [0.29, 0.717) is 30.0 Å². The van der Waals surface area contributed by atoms with E-state index >= 15 is 0 Å². The Bertz CT molecular complexity index is 1560. The fourth-order valence-electron chi connectivity index (χ4n) is 7.82. The van der Waals surface area contributed by atoms with E-state index in [9.17, 15) is 24.3 Å². The molecule has 1 spiro atoms. The van der Waals surface area contributed by atoms with Gasteiger partial charge in [0, 0.05) is 13.0 Å². The second-order valence-electron chi connectivity index (χ2n) is 13.4. The van der Waals surface area contributed by atoms with Gasteiger partial charge in [-0.3, -0.25) is 19.2 Å². The Balaban J connectivity index is 1.52. The van der Waals surface area contributed by atoms with E-state index in [-0.39, 0.29) is 32.1 Å². The van der Waals surface area contributed by atoms with Gasteiger partial charge in [-0.05, 0) is 49.3 Å². The van der Waals surface area contributed by atoms with Crippen LogP contribution in [0.15, 0.2) is 73.8 Å². The molecule has 3 saturated heterocycles. The van der Waals surface area contributed by atoms with Gasteiger partial charge in [-0.1, -0.05) is 80.1 Å². The summed E-state index contributed by atoms with van der Waals surface area (Å²) < 4.78 is 12.2. The molecule has 2 aromatic rings. The highest BCUT2D eigenvalue weighted by Crippen LogP contribution is 2.59. The van der Waals surface area contributed by atoms with Gasteiger partial charge in [-0.25, -0.2) is 0 Å². The summed E-state index contributed by atoms with van der Waals surface area (Å²) in [6, 6.07) is 12.0. The van der Waals surface area contributed by atoms with Crippen LogP contribution in [0.1, 0.15) is 56.7 Å². The first-order valence-electron chi connectivity index (χ1n) is 16.9. The van der Waals surface area contributed by atoms with Crippen molar-refractivity contribution in [1.29, 1.82) is 0 Å². The van der Waals surface area contributed by atoms with Gasteiger partial charge in [-0.15, -0.1) is 13.2 Å². The lowest BCUT2D eigenvalue weighted by Crippen LogP contribution is -2.60. The molecule has 49 heavy (non-hydrogen) atoms. The smallest absolute Gasteiger partial charge is 0.306 e. The number of aliphatic hydroxyl groups is 1. The first kappa shape index (κ1) is 36.3. The maximum atomic E-state index is 14.9. The molecular formula is C38H46ClN3O7. The standard InChI is InChI=1S/C38H46ClN3O7/c1-6-8-17-30(44)48-22-27(25-14-10-9-11-15-25)40-35(45)31-29-18-19-38(49-29)32(31)36(46)42(28(21-43)23(3)4)34(38)37(47)41(20-7-2)33-24(5)13-12-16-26(33)39/h6-7,9-16,23,27-29,31-32,34,43H,1-2,8,17-22H2,3-5H3,(H,40,45)/t27-,28-,29+,31-,32-,34+,38-/m0/s1. The van der Waals surface area contributed by atoms with Crippen LogP contribution in [0.2, 0.25) is 5.02 Å². The second kappa shape index (κ2) is 15.3. The van der Waals surface area contributed by atoms with Crippen molar-refractivity contribution in [2.24, 2.45) is 17.8 Å². The van der Waals surface area contributed by atoms with Gasteiger partial charge < -0.3 is 29.7 Å². The van der Waals surface area contributed by atoms with Crippen molar-refractivity contribution in [3.05, 3.63) is 90.0 Å². The number of para-hydroxylation sites is 1. The van der Waals surface area contributed by atoms with E-state index in [2.05, 4.69) is 18.5 Å². The summed E-state index contributed by atoms with van der Waals surface area (Å²) in [5, 5.41) is 14.0. The molecule has 2 bridgehead atoms. The number of nitrogens with one attached hydrogen (secondary N) is 1. The van der Waals surface area contributed by atoms with E-state index in [4.69, 9.17) is 21.1 Å². The number of anilines is 1. The number of fused-ring (bicyclic) bond motifs is 1. The number of ether oxygens (including phenoxy) is 2. The van der Waals surface area contributed by atoms with Crippen LogP contribution in [0.3, 0.4) is 0 Å². The minimum Gasteiger partial charge on any atom is -0.463 e. The molecule has 0 saturated carbocycles. The van der Waals surface area contributed by atoms with Crippen LogP contribution in [0.25, 0.3) is 0 Å². The summed E-state index contributed by atoms with van der Waals surface area (Å²) in [5.74, 6) is -3.76. The topological polar surface area (TPSA) is 125 Å². The Hall–Kier alpha value is -3.99. The first-order chi connectivity index (χ1) is 23.5. The molecule has 0 unspecified atom stereocenters. The summed E-state index contributed by atoms with van der Waals surface area (Å²) in [7, 11) is 0. The maximum absolute atomic E-state index is 14.9. The number of halogens is 1. The van der Waals surface area contributed by atoms with Crippen LogP contribution in [0, 0.1) is 24.7 Å². The van der Waals surface area contributed by atoms with E-state index in [1.54, 1.807) is 24.3 Å². The van der Waals surface area contributed by atoms with Crippen LogP contribution >= 0.6 is 11.6 Å². The summed E-state index contributed by atoms with van der Waals surface area (Å²) in [4.78, 5) is 59.3. The lowest BCUT2D eigenvalue weighted by atomic mass is 9.70.